The van der Waals surface area contributed by atoms with Crippen molar-refractivity contribution in [3.63, 3.8) is 0 Å². The second-order valence-electron chi connectivity index (χ2n) is 6.80. The Labute approximate surface area is 151 Å². The van der Waals surface area contributed by atoms with Gasteiger partial charge in [-0.2, -0.15) is 0 Å². The van der Waals surface area contributed by atoms with Gasteiger partial charge in [-0.1, -0.05) is 42.5 Å². The number of carbonyl (C=O) groups excluding carboxylic acids is 1. The maximum absolute atomic E-state index is 12.6. The number of hydrogen-bond donors (Lipinski definition) is 0. The first-order chi connectivity index (χ1) is 12.7. The van der Waals surface area contributed by atoms with Crippen molar-refractivity contribution in [2.75, 3.05) is 13.1 Å². The van der Waals surface area contributed by atoms with Crippen molar-refractivity contribution in [1.29, 1.82) is 0 Å². The molecule has 0 unspecified atom stereocenters. The Morgan fingerprint density at radius 1 is 1.00 bits per heavy atom. The first-order valence-corrected chi connectivity index (χ1v) is 9.13. The highest BCUT2D eigenvalue weighted by atomic mass is 16.4. The third-order valence-corrected chi connectivity index (χ3v) is 5.24. The monoisotopic (exact) mass is 350 g/mol. The van der Waals surface area contributed by atoms with E-state index in [4.69, 9.17) is 4.42 Å². The van der Waals surface area contributed by atoms with Crippen LogP contribution < -0.4 is 5.76 Å². The molecule has 1 fully saturated rings. The number of oxazole rings is 1. The van der Waals surface area contributed by atoms with Crippen LogP contribution in [0.5, 0.6) is 0 Å². The second-order valence-corrected chi connectivity index (χ2v) is 6.80. The normalized spacial score (nSPS) is 15.5. The van der Waals surface area contributed by atoms with Gasteiger partial charge in [-0.3, -0.25) is 9.36 Å². The predicted molar refractivity (Wildman–Crippen MR) is 100 cm³/mol. The van der Waals surface area contributed by atoms with Gasteiger partial charge in [0.2, 0.25) is 5.91 Å². The first kappa shape index (κ1) is 16.6. The Morgan fingerprint density at radius 2 is 1.69 bits per heavy atom. The van der Waals surface area contributed by atoms with Crippen LogP contribution in [0.1, 0.15) is 30.7 Å². The van der Waals surface area contributed by atoms with Crippen LogP contribution in [0.25, 0.3) is 11.1 Å². The zero-order chi connectivity index (χ0) is 17.9. The van der Waals surface area contributed by atoms with Gasteiger partial charge < -0.3 is 9.32 Å². The molecule has 0 radical (unpaired) electrons. The molecule has 0 saturated carbocycles. The molecular weight excluding hydrogens is 328 g/mol. The maximum Gasteiger partial charge on any atom is 0.419 e. The predicted octanol–water partition coefficient (Wildman–Crippen LogP) is 3.39. The van der Waals surface area contributed by atoms with Gasteiger partial charge in [-0.15, -0.1) is 0 Å². The molecule has 2 heterocycles. The summed E-state index contributed by atoms with van der Waals surface area (Å²) >= 11 is 0. The van der Waals surface area contributed by atoms with Gasteiger partial charge in [-0.05, 0) is 36.5 Å². The standard InChI is InChI=1S/C21H22N2O3/c24-20(12-15-23-18-8-4-5-9-19(18)26-21(23)25)22-13-10-17(11-14-22)16-6-2-1-3-7-16/h1-9,17H,10-15H2. The summed E-state index contributed by atoms with van der Waals surface area (Å²) in [6.07, 6.45) is 2.30. The molecule has 0 atom stereocenters. The van der Waals surface area contributed by atoms with E-state index < -0.39 is 5.76 Å². The molecule has 0 spiro atoms. The smallest absolute Gasteiger partial charge is 0.408 e. The fourth-order valence-electron chi connectivity index (χ4n) is 3.78. The van der Waals surface area contributed by atoms with Gasteiger partial charge in [0.05, 0.1) is 5.52 Å². The largest absolute Gasteiger partial charge is 0.419 e. The SMILES string of the molecule is O=C(CCn1c(=O)oc2ccccc21)N1CCC(c2ccccc2)CC1. The van der Waals surface area contributed by atoms with E-state index in [0.29, 0.717) is 24.5 Å². The third kappa shape index (κ3) is 3.29. The summed E-state index contributed by atoms with van der Waals surface area (Å²) in [7, 11) is 0. The lowest BCUT2D eigenvalue weighted by molar-refractivity contribution is -0.132. The minimum absolute atomic E-state index is 0.105. The number of piperidine rings is 1. The van der Waals surface area contributed by atoms with Gasteiger partial charge >= 0.3 is 5.76 Å². The van der Waals surface area contributed by atoms with Crippen LogP contribution in [0.3, 0.4) is 0 Å². The highest BCUT2D eigenvalue weighted by Crippen LogP contribution is 2.28. The van der Waals surface area contributed by atoms with E-state index in [1.54, 1.807) is 10.6 Å². The summed E-state index contributed by atoms with van der Waals surface area (Å²) in [6.45, 7) is 1.91. The van der Waals surface area contributed by atoms with E-state index in [1.165, 1.54) is 5.56 Å². The van der Waals surface area contributed by atoms with Gasteiger partial charge in [-0.25, -0.2) is 4.79 Å². The Bertz CT molecular complexity index is 950. The number of aryl methyl sites for hydroxylation is 1. The van der Waals surface area contributed by atoms with Crippen LogP contribution in [-0.4, -0.2) is 28.5 Å². The van der Waals surface area contributed by atoms with Crippen LogP contribution in [0, 0.1) is 0 Å². The topological polar surface area (TPSA) is 55.5 Å². The minimum atomic E-state index is -0.401. The van der Waals surface area contributed by atoms with Crippen LogP contribution in [-0.2, 0) is 11.3 Å². The van der Waals surface area contributed by atoms with E-state index in [9.17, 15) is 9.59 Å². The molecule has 1 aliphatic rings. The second kappa shape index (κ2) is 7.20. The molecule has 26 heavy (non-hydrogen) atoms. The summed E-state index contributed by atoms with van der Waals surface area (Å²) in [5.41, 5.74) is 2.66. The number of nitrogens with zero attached hydrogens (tertiary/aromatic N) is 2. The Hall–Kier alpha value is -2.82. The summed E-state index contributed by atoms with van der Waals surface area (Å²) in [4.78, 5) is 26.5. The van der Waals surface area contributed by atoms with E-state index in [1.807, 2.05) is 29.2 Å². The van der Waals surface area contributed by atoms with Crippen LogP contribution in [0.2, 0.25) is 0 Å². The van der Waals surface area contributed by atoms with Gasteiger partial charge in [0.15, 0.2) is 5.58 Å². The highest BCUT2D eigenvalue weighted by molar-refractivity contribution is 5.77. The number of rotatable bonds is 4. The average Bonchev–Trinajstić information content (AvgIpc) is 3.02. The highest BCUT2D eigenvalue weighted by Gasteiger charge is 2.23. The Morgan fingerprint density at radius 3 is 2.46 bits per heavy atom. The lowest BCUT2D eigenvalue weighted by atomic mass is 9.89. The fourth-order valence-corrected chi connectivity index (χ4v) is 3.78. The lowest BCUT2D eigenvalue weighted by Crippen LogP contribution is -2.38. The van der Waals surface area contributed by atoms with Crippen molar-refractivity contribution in [1.82, 2.24) is 9.47 Å². The number of likely N-dealkylation sites (tertiary alicyclic amines) is 1. The molecule has 1 amide bonds. The third-order valence-electron chi connectivity index (χ3n) is 5.24. The molecule has 3 aromatic rings. The fraction of sp³-hybridized carbons (Fsp3) is 0.333. The van der Waals surface area contributed by atoms with Crippen molar-refractivity contribution >= 4 is 17.0 Å². The van der Waals surface area contributed by atoms with E-state index in [0.717, 1.165) is 31.4 Å². The number of para-hydroxylation sites is 2. The molecule has 0 N–H and O–H groups in total. The Balaban J connectivity index is 1.36. The molecule has 5 heteroatoms. The van der Waals surface area contributed by atoms with Crippen molar-refractivity contribution in [3.8, 4) is 0 Å². The van der Waals surface area contributed by atoms with Crippen molar-refractivity contribution < 1.29 is 9.21 Å². The van der Waals surface area contributed by atoms with Crippen LogP contribution in [0.4, 0.5) is 0 Å². The summed E-state index contributed by atoms with van der Waals surface area (Å²) in [5, 5.41) is 0. The van der Waals surface area contributed by atoms with Crippen LogP contribution in [0.15, 0.2) is 63.8 Å². The number of hydrogen-bond acceptors (Lipinski definition) is 3. The van der Waals surface area contributed by atoms with E-state index in [2.05, 4.69) is 24.3 Å². The number of amides is 1. The molecule has 134 valence electrons. The summed E-state index contributed by atoms with van der Waals surface area (Å²) in [5.74, 6) is 0.233. The average molecular weight is 350 g/mol. The quantitative estimate of drug-likeness (QED) is 0.725. The number of benzene rings is 2. The summed E-state index contributed by atoms with van der Waals surface area (Å²) in [6, 6.07) is 17.8. The lowest BCUT2D eigenvalue weighted by Gasteiger charge is -2.32. The van der Waals surface area contributed by atoms with Crippen molar-refractivity contribution in [2.24, 2.45) is 0 Å². The molecule has 2 aromatic carbocycles. The molecule has 1 saturated heterocycles. The zero-order valence-electron chi connectivity index (χ0n) is 14.6. The van der Waals surface area contributed by atoms with Gasteiger partial charge in [0.25, 0.3) is 0 Å². The van der Waals surface area contributed by atoms with Crippen molar-refractivity contribution in [3.05, 3.63) is 70.7 Å². The maximum atomic E-state index is 12.6. The first-order valence-electron chi connectivity index (χ1n) is 9.13. The molecule has 1 aromatic heterocycles. The number of fused-ring (bicyclic) bond motifs is 1. The molecular formula is C21H22N2O3. The molecule has 4 rings (SSSR count). The molecule has 0 aliphatic carbocycles. The van der Waals surface area contributed by atoms with Gasteiger partial charge in [0.1, 0.15) is 0 Å². The zero-order valence-corrected chi connectivity index (χ0v) is 14.6. The van der Waals surface area contributed by atoms with E-state index in [-0.39, 0.29) is 5.91 Å². The van der Waals surface area contributed by atoms with Crippen molar-refractivity contribution in [2.45, 2.75) is 31.7 Å². The molecule has 1 aliphatic heterocycles. The molecule has 0 bridgehead atoms. The van der Waals surface area contributed by atoms with Crippen LogP contribution >= 0.6 is 0 Å². The minimum Gasteiger partial charge on any atom is -0.408 e. The molecule has 5 nitrogen and oxygen atoms in total. The van der Waals surface area contributed by atoms with E-state index >= 15 is 0 Å². The van der Waals surface area contributed by atoms with Gasteiger partial charge in [0, 0.05) is 26.1 Å². The summed E-state index contributed by atoms with van der Waals surface area (Å²) < 4.78 is 6.77. The Kier molecular flexibility index (Phi) is 4.61. The number of aromatic nitrogens is 1. The number of carbonyl (C=O) groups is 1.